The van der Waals surface area contributed by atoms with E-state index in [1.807, 2.05) is 6.92 Å². The number of unbranched alkanes of at least 4 members (excludes halogenated alkanes) is 1. The van der Waals surface area contributed by atoms with Gasteiger partial charge in [-0.15, -0.1) is 0 Å². The molecule has 0 radical (unpaired) electrons. The Bertz CT molecular complexity index is 1110. The first kappa shape index (κ1) is 28.0. The number of amides is 2. The molecule has 0 aromatic heterocycles. The Morgan fingerprint density at radius 2 is 1.68 bits per heavy atom. The number of hydrogen-bond donors (Lipinski definition) is 1. The molecule has 34 heavy (non-hydrogen) atoms. The number of benzene rings is 2. The highest BCUT2D eigenvalue weighted by atomic mass is 35.5. The summed E-state index contributed by atoms with van der Waals surface area (Å²) in [6, 6.07) is 11.0. The zero-order chi connectivity index (χ0) is 25.5. The van der Waals surface area contributed by atoms with Crippen molar-refractivity contribution in [1.29, 1.82) is 0 Å². The molecule has 2 rings (SSSR count). The number of carbonyl (C=O) groups excluding carboxylic acids is 2. The minimum absolute atomic E-state index is 0.116. The molecule has 0 saturated heterocycles. The van der Waals surface area contributed by atoms with Crippen LogP contribution in [0.2, 0.25) is 10.0 Å². The van der Waals surface area contributed by atoms with Crippen molar-refractivity contribution >= 4 is 50.7 Å². The smallest absolute Gasteiger partial charge is 0.244 e. The Morgan fingerprint density at radius 1 is 1.06 bits per heavy atom. The number of carbonyl (C=O) groups is 2. The molecule has 2 aromatic rings. The minimum atomic E-state index is -3.82. The van der Waals surface area contributed by atoms with E-state index in [1.54, 1.807) is 50.2 Å². The second kappa shape index (κ2) is 12.4. The third kappa shape index (κ3) is 7.89. The van der Waals surface area contributed by atoms with Gasteiger partial charge in [-0.25, -0.2) is 8.42 Å². The fourth-order valence-electron chi connectivity index (χ4n) is 3.35. The van der Waals surface area contributed by atoms with Gasteiger partial charge in [0.15, 0.2) is 0 Å². The van der Waals surface area contributed by atoms with Crippen LogP contribution in [0, 0.1) is 6.92 Å². The normalized spacial score (nSPS) is 12.2. The molecule has 0 spiro atoms. The van der Waals surface area contributed by atoms with Gasteiger partial charge in [-0.1, -0.05) is 54.7 Å². The Morgan fingerprint density at radius 3 is 2.26 bits per heavy atom. The average Bonchev–Trinajstić information content (AvgIpc) is 2.77. The van der Waals surface area contributed by atoms with Crippen molar-refractivity contribution in [2.75, 3.05) is 23.7 Å². The molecule has 0 heterocycles. The molecule has 0 aliphatic carbocycles. The summed E-state index contributed by atoms with van der Waals surface area (Å²) in [5.74, 6) is -0.821. The molecule has 10 heteroatoms. The maximum Gasteiger partial charge on any atom is 0.244 e. The summed E-state index contributed by atoms with van der Waals surface area (Å²) in [7, 11) is -3.82. The molecule has 0 bridgehead atoms. The van der Waals surface area contributed by atoms with Crippen LogP contribution < -0.4 is 9.62 Å². The monoisotopic (exact) mass is 527 g/mol. The number of sulfonamides is 1. The van der Waals surface area contributed by atoms with Gasteiger partial charge in [0.1, 0.15) is 12.6 Å². The van der Waals surface area contributed by atoms with Gasteiger partial charge in [0.05, 0.1) is 11.9 Å². The van der Waals surface area contributed by atoms with Gasteiger partial charge in [-0.2, -0.15) is 0 Å². The van der Waals surface area contributed by atoms with Crippen LogP contribution in [0.3, 0.4) is 0 Å². The second-order valence-corrected chi connectivity index (χ2v) is 10.9. The van der Waals surface area contributed by atoms with Crippen molar-refractivity contribution in [3.05, 3.63) is 63.6 Å². The molecule has 1 N–H and O–H groups in total. The molecular formula is C24H31Cl2N3O4S. The number of hydrogen-bond acceptors (Lipinski definition) is 4. The van der Waals surface area contributed by atoms with Crippen molar-refractivity contribution in [3.8, 4) is 0 Å². The van der Waals surface area contributed by atoms with Gasteiger partial charge in [-0.3, -0.25) is 13.9 Å². The summed E-state index contributed by atoms with van der Waals surface area (Å²) in [4.78, 5) is 27.7. The van der Waals surface area contributed by atoms with Crippen molar-refractivity contribution in [1.82, 2.24) is 10.2 Å². The summed E-state index contributed by atoms with van der Waals surface area (Å²) in [5, 5.41) is 3.74. The van der Waals surface area contributed by atoms with E-state index in [-0.39, 0.29) is 12.5 Å². The molecule has 1 atom stereocenters. The second-order valence-electron chi connectivity index (χ2n) is 8.17. The Hall–Kier alpha value is -2.29. The largest absolute Gasteiger partial charge is 0.354 e. The minimum Gasteiger partial charge on any atom is -0.354 e. The number of nitrogens with one attached hydrogen (secondary N) is 1. The number of halogens is 2. The van der Waals surface area contributed by atoms with Crippen LogP contribution in [-0.4, -0.2) is 50.5 Å². The number of anilines is 1. The maximum absolute atomic E-state index is 13.5. The van der Waals surface area contributed by atoms with Crippen LogP contribution in [0.4, 0.5) is 5.69 Å². The van der Waals surface area contributed by atoms with Crippen molar-refractivity contribution < 1.29 is 18.0 Å². The molecule has 0 fully saturated rings. The Kier molecular flexibility index (Phi) is 10.2. The summed E-state index contributed by atoms with van der Waals surface area (Å²) in [6.07, 6.45) is 2.77. The lowest BCUT2D eigenvalue weighted by molar-refractivity contribution is -0.139. The van der Waals surface area contributed by atoms with E-state index in [0.717, 1.165) is 29.0 Å². The summed E-state index contributed by atoms with van der Waals surface area (Å²) in [6.45, 7) is 5.53. The fourth-order valence-corrected chi connectivity index (χ4v) is 4.54. The number of rotatable bonds is 11. The third-order valence-electron chi connectivity index (χ3n) is 5.38. The zero-order valence-electron chi connectivity index (χ0n) is 19.8. The number of nitrogens with zero attached hydrogens (tertiary/aromatic N) is 2. The van der Waals surface area contributed by atoms with Gasteiger partial charge in [-0.05, 0) is 55.7 Å². The lowest BCUT2D eigenvalue weighted by Crippen LogP contribution is -2.51. The van der Waals surface area contributed by atoms with Crippen LogP contribution >= 0.6 is 23.2 Å². The molecule has 2 amide bonds. The van der Waals surface area contributed by atoms with E-state index in [1.165, 1.54) is 11.0 Å². The molecule has 0 aliphatic rings. The Balaban J connectivity index is 2.38. The average molecular weight is 529 g/mol. The lowest BCUT2D eigenvalue weighted by Gasteiger charge is -2.32. The van der Waals surface area contributed by atoms with E-state index in [2.05, 4.69) is 5.32 Å². The zero-order valence-corrected chi connectivity index (χ0v) is 22.2. The first-order chi connectivity index (χ1) is 15.9. The van der Waals surface area contributed by atoms with Crippen LogP contribution in [-0.2, 0) is 26.2 Å². The first-order valence-electron chi connectivity index (χ1n) is 11.0. The van der Waals surface area contributed by atoms with E-state index in [4.69, 9.17) is 23.2 Å². The molecular weight excluding hydrogens is 497 g/mol. The van der Waals surface area contributed by atoms with E-state index in [0.29, 0.717) is 27.8 Å². The summed E-state index contributed by atoms with van der Waals surface area (Å²) < 4.78 is 26.3. The van der Waals surface area contributed by atoms with Gasteiger partial charge in [0, 0.05) is 23.1 Å². The predicted molar refractivity (Wildman–Crippen MR) is 138 cm³/mol. The maximum atomic E-state index is 13.5. The van der Waals surface area contributed by atoms with Gasteiger partial charge >= 0.3 is 0 Å². The predicted octanol–water partition coefficient (Wildman–Crippen LogP) is 4.40. The van der Waals surface area contributed by atoms with E-state index >= 15 is 0 Å². The van der Waals surface area contributed by atoms with E-state index in [9.17, 15) is 18.0 Å². The van der Waals surface area contributed by atoms with E-state index < -0.39 is 28.5 Å². The standard InChI is InChI=1S/C24H31Cl2N3O4S/c1-5-6-13-27-24(31)18(3)28(15-19-8-11-20(25)12-9-19)23(30)16-29(34(4,32)33)22-14-21(26)10-7-17(22)2/h7-12,14,18H,5-6,13,15-16H2,1-4H3,(H,27,31)/t18-/m1/s1. The molecule has 2 aromatic carbocycles. The topological polar surface area (TPSA) is 86.8 Å². The molecule has 0 saturated carbocycles. The van der Waals surface area contributed by atoms with Gasteiger partial charge < -0.3 is 10.2 Å². The molecule has 0 unspecified atom stereocenters. The fraction of sp³-hybridized carbons (Fsp3) is 0.417. The SMILES string of the molecule is CCCCNC(=O)[C@@H](C)N(Cc1ccc(Cl)cc1)C(=O)CN(c1cc(Cl)ccc1C)S(C)(=O)=O. The van der Waals surface area contributed by atoms with Crippen LogP contribution in [0.25, 0.3) is 0 Å². The molecule has 7 nitrogen and oxygen atoms in total. The first-order valence-corrected chi connectivity index (χ1v) is 13.6. The van der Waals surface area contributed by atoms with Crippen LogP contribution in [0.15, 0.2) is 42.5 Å². The quantitative estimate of drug-likeness (QED) is 0.438. The highest BCUT2D eigenvalue weighted by molar-refractivity contribution is 7.92. The van der Waals surface area contributed by atoms with Crippen LogP contribution in [0.5, 0.6) is 0 Å². The number of aryl methyl sites for hydroxylation is 1. The van der Waals surface area contributed by atoms with Gasteiger partial charge in [0.2, 0.25) is 21.8 Å². The highest BCUT2D eigenvalue weighted by Gasteiger charge is 2.30. The van der Waals surface area contributed by atoms with Crippen LogP contribution in [0.1, 0.15) is 37.8 Å². The van der Waals surface area contributed by atoms with Crippen molar-refractivity contribution in [2.45, 2.75) is 46.2 Å². The molecule has 186 valence electrons. The summed E-state index contributed by atoms with van der Waals surface area (Å²) in [5.41, 5.74) is 1.72. The third-order valence-corrected chi connectivity index (χ3v) is 7.00. The highest BCUT2D eigenvalue weighted by Crippen LogP contribution is 2.26. The van der Waals surface area contributed by atoms with Crippen molar-refractivity contribution in [3.63, 3.8) is 0 Å². The lowest BCUT2D eigenvalue weighted by atomic mass is 10.1. The summed E-state index contributed by atoms with van der Waals surface area (Å²) >= 11 is 12.1. The Labute approximate surface area is 212 Å². The van der Waals surface area contributed by atoms with Crippen molar-refractivity contribution in [2.24, 2.45) is 0 Å². The molecule has 0 aliphatic heterocycles. The van der Waals surface area contributed by atoms with Gasteiger partial charge in [0.25, 0.3) is 0 Å².